The van der Waals surface area contributed by atoms with Crippen molar-refractivity contribution in [3.05, 3.63) is 58.1 Å². The number of anilines is 1. The van der Waals surface area contributed by atoms with Crippen LogP contribution in [0.5, 0.6) is 5.75 Å². The van der Waals surface area contributed by atoms with Crippen molar-refractivity contribution in [1.29, 1.82) is 0 Å². The Bertz CT molecular complexity index is 893. The van der Waals surface area contributed by atoms with Gasteiger partial charge in [0.1, 0.15) is 5.75 Å². The van der Waals surface area contributed by atoms with Crippen LogP contribution in [0.1, 0.15) is 47.2 Å². The van der Waals surface area contributed by atoms with Crippen LogP contribution in [-0.2, 0) is 17.6 Å². The summed E-state index contributed by atoms with van der Waals surface area (Å²) in [4.78, 5) is 26.4. The van der Waals surface area contributed by atoms with E-state index < -0.39 is 0 Å². The highest BCUT2D eigenvalue weighted by atomic mass is 35.5. The zero-order valence-electron chi connectivity index (χ0n) is 15.2. The minimum atomic E-state index is 0.121. The second kappa shape index (κ2) is 7.73. The summed E-state index contributed by atoms with van der Waals surface area (Å²) < 4.78 is 5.88. The molecule has 140 valence electrons. The molecule has 5 heteroatoms. The molecule has 0 fully saturated rings. The first kappa shape index (κ1) is 18.1. The van der Waals surface area contributed by atoms with Gasteiger partial charge in [-0.3, -0.25) is 9.59 Å². The number of carbonyl (C=O) groups excluding carboxylic acids is 2. The molecule has 1 heterocycles. The summed E-state index contributed by atoms with van der Waals surface area (Å²) in [6, 6.07) is 11.4. The van der Waals surface area contributed by atoms with Crippen molar-refractivity contribution in [3.63, 3.8) is 0 Å². The summed E-state index contributed by atoms with van der Waals surface area (Å²) in [5.74, 6) is 1.09. The first-order valence-corrected chi connectivity index (χ1v) is 9.88. The van der Waals surface area contributed by atoms with Crippen LogP contribution in [0.25, 0.3) is 0 Å². The van der Waals surface area contributed by atoms with Crippen molar-refractivity contribution in [3.8, 4) is 5.75 Å². The number of hydrogen-bond donors (Lipinski definition) is 0. The van der Waals surface area contributed by atoms with Gasteiger partial charge in [0.05, 0.1) is 6.61 Å². The number of aryl methyl sites for hydroxylation is 1. The predicted molar refractivity (Wildman–Crippen MR) is 106 cm³/mol. The van der Waals surface area contributed by atoms with E-state index in [1.807, 2.05) is 41.3 Å². The van der Waals surface area contributed by atoms with E-state index in [1.54, 1.807) is 0 Å². The number of fused-ring (bicyclic) bond motifs is 2. The fourth-order valence-electron chi connectivity index (χ4n) is 3.96. The Balaban J connectivity index is 1.33. The Morgan fingerprint density at radius 3 is 2.93 bits per heavy atom. The molecule has 0 N–H and O–H groups in total. The van der Waals surface area contributed by atoms with Gasteiger partial charge >= 0.3 is 0 Å². The molecule has 1 amide bonds. The largest absolute Gasteiger partial charge is 0.493 e. The lowest BCUT2D eigenvalue weighted by Crippen LogP contribution is -2.35. The van der Waals surface area contributed by atoms with Gasteiger partial charge in [0.2, 0.25) is 5.91 Å². The highest BCUT2D eigenvalue weighted by Crippen LogP contribution is 2.31. The summed E-state index contributed by atoms with van der Waals surface area (Å²) in [6.45, 7) is 1.22. The molecule has 0 radical (unpaired) electrons. The zero-order valence-corrected chi connectivity index (χ0v) is 15.9. The number of benzene rings is 2. The first-order chi connectivity index (χ1) is 13.1. The molecule has 1 aliphatic carbocycles. The SMILES string of the molecule is O=C1CCc2c(OCCCC(=O)N3CCCc4cc(Cl)ccc43)cccc21. The van der Waals surface area contributed by atoms with Crippen LogP contribution in [0.4, 0.5) is 5.69 Å². The van der Waals surface area contributed by atoms with Crippen molar-refractivity contribution in [2.75, 3.05) is 18.1 Å². The van der Waals surface area contributed by atoms with Gasteiger partial charge in [-0.2, -0.15) is 0 Å². The highest BCUT2D eigenvalue weighted by Gasteiger charge is 2.24. The maximum Gasteiger partial charge on any atom is 0.227 e. The molecule has 1 aliphatic heterocycles. The van der Waals surface area contributed by atoms with Crippen molar-refractivity contribution in [2.24, 2.45) is 0 Å². The fraction of sp³-hybridized carbons (Fsp3) is 0.364. The van der Waals surface area contributed by atoms with Crippen LogP contribution >= 0.6 is 11.6 Å². The third kappa shape index (κ3) is 3.72. The number of ketones is 1. The van der Waals surface area contributed by atoms with Gasteiger partial charge < -0.3 is 9.64 Å². The number of amides is 1. The van der Waals surface area contributed by atoms with E-state index in [0.29, 0.717) is 30.9 Å². The van der Waals surface area contributed by atoms with Gasteiger partial charge in [0.15, 0.2) is 5.78 Å². The summed E-state index contributed by atoms with van der Waals surface area (Å²) in [5, 5.41) is 0.713. The van der Waals surface area contributed by atoms with Crippen molar-refractivity contribution in [2.45, 2.75) is 38.5 Å². The van der Waals surface area contributed by atoms with E-state index in [-0.39, 0.29) is 11.7 Å². The molecule has 4 nitrogen and oxygen atoms in total. The second-order valence-electron chi connectivity index (χ2n) is 7.08. The molecule has 0 atom stereocenters. The summed E-state index contributed by atoms with van der Waals surface area (Å²) in [6.07, 6.45) is 4.31. The topological polar surface area (TPSA) is 46.6 Å². The normalized spacial score (nSPS) is 15.4. The lowest BCUT2D eigenvalue weighted by molar-refractivity contribution is -0.118. The average Bonchev–Trinajstić information content (AvgIpc) is 3.06. The maximum atomic E-state index is 12.7. The van der Waals surface area contributed by atoms with Crippen LogP contribution in [0.3, 0.4) is 0 Å². The van der Waals surface area contributed by atoms with Gasteiger partial charge in [-0.25, -0.2) is 0 Å². The molecule has 0 saturated heterocycles. The van der Waals surface area contributed by atoms with E-state index in [4.69, 9.17) is 16.3 Å². The molecule has 0 saturated carbocycles. The molecule has 4 rings (SSSR count). The molecule has 0 aromatic heterocycles. The average molecular weight is 384 g/mol. The van der Waals surface area contributed by atoms with Crippen LogP contribution in [0.2, 0.25) is 5.02 Å². The summed E-state index contributed by atoms with van der Waals surface area (Å²) >= 11 is 6.07. The van der Waals surface area contributed by atoms with E-state index >= 15 is 0 Å². The van der Waals surface area contributed by atoms with E-state index in [0.717, 1.165) is 53.9 Å². The smallest absolute Gasteiger partial charge is 0.227 e. The Labute approximate surface area is 164 Å². The molecule has 0 spiro atoms. The lowest BCUT2D eigenvalue weighted by Gasteiger charge is -2.29. The van der Waals surface area contributed by atoms with Crippen molar-refractivity contribution >= 4 is 29.0 Å². The minimum Gasteiger partial charge on any atom is -0.493 e. The number of rotatable bonds is 5. The molecule has 0 bridgehead atoms. The zero-order chi connectivity index (χ0) is 18.8. The third-order valence-electron chi connectivity index (χ3n) is 5.29. The first-order valence-electron chi connectivity index (χ1n) is 9.50. The Morgan fingerprint density at radius 2 is 2.04 bits per heavy atom. The van der Waals surface area contributed by atoms with Crippen LogP contribution < -0.4 is 9.64 Å². The van der Waals surface area contributed by atoms with Gasteiger partial charge in [-0.15, -0.1) is 0 Å². The van der Waals surface area contributed by atoms with Gasteiger partial charge in [-0.05, 0) is 55.5 Å². The molecule has 0 unspecified atom stereocenters. The molecular weight excluding hydrogens is 362 g/mol. The van der Waals surface area contributed by atoms with Gasteiger partial charge in [-0.1, -0.05) is 23.7 Å². The fourth-order valence-corrected chi connectivity index (χ4v) is 4.15. The lowest BCUT2D eigenvalue weighted by atomic mass is 10.0. The standard InChI is InChI=1S/C22H22ClNO3/c23-16-8-10-19-15(14-16)4-2-12-24(19)22(26)7-3-13-27-21-6-1-5-17-18(21)9-11-20(17)25/h1,5-6,8,10,14H,2-4,7,9,11-13H2. The predicted octanol–water partition coefficient (Wildman–Crippen LogP) is 4.61. The minimum absolute atomic E-state index is 0.121. The second-order valence-corrected chi connectivity index (χ2v) is 7.52. The van der Waals surface area contributed by atoms with Crippen molar-refractivity contribution < 1.29 is 14.3 Å². The Kier molecular flexibility index (Phi) is 5.17. The third-order valence-corrected chi connectivity index (χ3v) is 5.52. The van der Waals surface area contributed by atoms with Crippen LogP contribution in [0.15, 0.2) is 36.4 Å². The van der Waals surface area contributed by atoms with E-state index in [9.17, 15) is 9.59 Å². The molecular formula is C22H22ClNO3. The number of nitrogens with zero attached hydrogens (tertiary/aromatic N) is 1. The van der Waals surface area contributed by atoms with Crippen LogP contribution in [-0.4, -0.2) is 24.8 Å². The monoisotopic (exact) mass is 383 g/mol. The van der Waals surface area contributed by atoms with Crippen molar-refractivity contribution in [1.82, 2.24) is 0 Å². The van der Waals surface area contributed by atoms with Gasteiger partial charge in [0.25, 0.3) is 0 Å². The van der Waals surface area contributed by atoms with E-state index in [2.05, 4.69) is 0 Å². The number of hydrogen-bond acceptors (Lipinski definition) is 3. The van der Waals surface area contributed by atoms with Gasteiger partial charge in [0, 0.05) is 41.2 Å². The quantitative estimate of drug-likeness (QED) is 0.708. The molecule has 2 aliphatic rings. The Hall–Kier alpha value is -2.33. The number of ether oxygens (including phenoxy) is 1. The molecule has 27 heavy (non-hydrogen) atoms. The molecule has 2 aromatic rings. The maximum absolute atomic E-state index is 12.7. The number of halogens is 1. The number of carbonyl (C=O) groups is 2. The summed E-state index contributed by atoms with van der Waals surface area (Å²) in [7, 11) is 0. The van der Waals surface area contributed by atoms with E-state index in [1.165, 1.54) is 0 Å². The number of Topliss-reactive ketones (excluding diaryl/α,β-unsaturated/α-hetero) is 1. The molecule has 2 aromatic carbocycles. The highest BCUT2D eigenvalue weighted by molar-refractivity contribution is 6.30. The Morgan fingerprint density at radius 1 is 1.15 bits per heavy atom. The van der Waals surface area contributed by atoms with Crippen LogP contribution in [0, 0.1) is 0 Å². The summed E-state index contributed by atoms with van der Waals surface area (Å²) in [5.41, 5.74) is 3.92.